The molecule has 0 saturated carbocycles. The molecule has 1 aromatic carbocycles. The number of nitrogens with one attached hydrogen (secondary N) is 1. The highest BCUT2D eigenvalue weighted by atomic mass is 16.6. The molecule has 0 amide bonds. The van der Waals surface area contributed by atoms with Gasteiger partial charge in [0.05, 0.1) is 10.5 Å². The summed E-state index contributed by atoms with van der Waals surface area (Å²) in [4.78, 5) is 15.0. The number of non-ortho nitro benzene ring substituents is 1. The fourth-order valence-corrected chi connectivity index (χ4v) is 2.82. The second kappa shape index (κ2) is 6.44. The number of anilines is 1. The number of aromatic nitrogens is 1. The molecule has 6 heteroatoms. The van der Waals surface area contributed by atoms with E-state index in [0.717, 1.165) is 42.5 Å². The molecule has 1 aliphatic rings. The smallest absolute Gasteiger partial charge is 0.269 e. The van der Waals surface area contributed by atoms with Gasteiger partial charge in [-0.2, -0.15) is 5.26 Å². The van der Waals surface area contributed by atoms with Crippen molar-refractivity contribution in [1.82, 2.24) is 4.98 Å². The van der Waals surface area contributed by atoms with Crippen molar-refractivity contribution in [2.24, 2.45) is 0 Å². The number of pyridine rings is 1. The van der Waals surface area contributed by atoms with Crippen LogP contribution in [-0.4, -0.2) is 9.91 Å². The Hall–Kier alpha value is -2.94. The van der Waals surface area contributed by atoms with Crippen molar-refractivity contribution in [3.05, 3.63) is 62.8 Å². The van der Waals surface area contributed by atoms with Crippen LogP contribution in [-0.2, 0) is 19.4 Å². The molecule has 0 fully saturated rings. The van der Waals surface area contributed by atoms with Crippen LogP contribution in [0, 0.1) is 21.4 Å². The van der Waals surface area contributed by atoms with Crippen LogP contribution in [0.25, 0.3) is 0 Å². The fourth-order valence-electron chi connectivity index (χ4n) is 2.82. The molecule has 23 heavy (non-hydrogen) atoms. The maximum Gasteiger partial charge on any atom is 0.269 e. The molecule has 3 rings (SSSR count). The first kappa shape index (κ1) is 15.0. The van der Waals surface area contributed by atoms with Gasteiger partial charge in [-0.1, -0.05) is 12.1 Å². The zero-order chi connectivity index (χ0) is 16.2. The maximum absolute atomic E-state index is 10.8. The third-order valence-corrected chi connectivity index (χ3v) is 4.00. The topological polar surface area (TPSA) is 91.8 Å². The van der Waals surface area contributed by atoms with Crippen LogP contribution in [0.1, 0.15) is 35.2 Å². The van der Waals surface area contributed by atoms with Crippen LogP contribution in [0.5, 0.6) is 0 Å². The summed E-state index contributed by atoms with van der Waals surface area (Å²) in [6.45, 7) is 0.391. The minimum absolute atomic E-state index is 0.0585. The number of hydrogen-bond acceptors (Lipinski definition) is 5. The Labute approximate surface area is 133 Å². The Morgan fingerprint density at radius 1 is 1.30 bits per heavy atom. The fraction of sp³-hybridized carbons (Fsp3) is 0.294. The van der Waals surface area contributed by atoms with Crippen molar-refractivity contribution in [2.45, 2.75) is 32.2 Å². The number of aryl methyl sites for hydroxylation is 2. The molecule has 1 aliphatic carbocycles. The quantitative estimate of drug-likeness (QED) is 0.690. The van der Waals surface area contributed by atoms with Gasteiger partial charge in [-0.3, -0.25) is 10.1 Å². The molecule has 6 nitrogen and oxygen atoms in total. The molecule has 0 atom stereocenters. The van der Waals surface area contributed by atoms with E-state index >= 15 is 0 Å². The van der Waals surface area contributed by atoms with Crippen molar-refractivity contribution in [3.8, 4) is 6.07 Å². The van der Waals surface area contributed by atoms with Gasteiger partial charge in [-0.05, 0) is 42.9 Å². The number of nitrogens with zero attached hydrogens (tertiary/aromatic N) is 3. The van der Waals surface area contributed by atoms with Crippen LogP contribution in [0.4, 0.5) is 11.5 Å². The first-order valence-corrected chi connectivity index (χ1v) is 7.57. The van der Waals surface area contributed by atoms with Gasteiger partial charge in [0.2, 0.25) is 0 Å². The lowest BCUT2D eigenvalue weighted by molar-refractivity contribution is -0.384. The molecule has 2 aromatic rings. The van der Waals surface area contributed by atoms with E-state index in [1.165, 1.54) is 12.1 Å². The summed E-state index contributed by atoms with van der Waals surface area (Å²) in [5.41, 5.74) is 3.58. The molecule has 1 aromatic heterocycles. The third-order valence-electron chi connectivity index (χ3n) is 4.00. The standard InChI is InChI=1S/C17H16N4O2/c18-10-14-9-13-5-1-2-7-16(13)20-17(14)19-11-12-4-3-6-15(8-12)21(22)23/h3-4,6,8-9H,1-2,5,7,11H2,(H,19,20). The Balaban J connectivity index is 1.81. The molecule has 1 heterocycles. The Morgan fingerprint density at radius 3 is 2.91 bits per heavy atom. The summed E-state index contributed by atoms with van der Waals surface area (Å²) < 4.78 is 0. The summed E-state index contributed by atoms with van der Waals surface area (Å²) in [5.74, 6) is 0.555. The number of benzene rings is 1. The predicted octanol–water partition coefficient (Wildman–Crippen LogP) is 3.35. The van der Waals surface area contributed by atoms with Crippen LogP contribution < -0.4 is 5.32 Å². The number of hydrogen-bond donors (Lipinski definition) is 1. The zero-order valence-electron chi connectivity index (χ0n) is 12.6. The van der Waals surface area contributed by atoms with E-state index in [1.54, 1.807) is 6.07 Å². The van der Waals surface area contributed by atoms with E-state index in [9.17, 15) is 15.4 Å². The largest absolute Gasteiger partial charge is 0.365 e. The van der Waals surface area contributed by atoms with Crippen LogP contribution in [0.2, 0.25) is 0 Å². The van der Waals surface area contributed by atoms with Gasteiger partial charge >= 0.3 is 0 Å². The molecule has 1 N–H and O–H groups in total. The monoisotopic (exact) mass is 308 g/mol. The number of nitriles is 1. The van der Waals surface area contributed by atoms with Crippen LogP contribution >= 0.6 is 0 Å². The summed E-state index contributed by atoms with van der Waals surface area (Å²) in [5, 5.41) is 23.3. The van der Waals surface area contributed by atoms with Crippen molar-refractivity contribution in [1.29, 1.82) is 5.26 Å². The molecular formula is C17H16N4O2. The molecular weight excluding hydrogens is 292 g/mol. The van der Waals surface area contributed by atoms with Gasteiger partial charge in [0.15, 0.2) is 0 Å². The minimum Gasteiger partial charge on any atom is -0.365 e. The van der Waals surface area contributed by atoms with E-state index in [4.69, 9.17) is 0 Å². The van der Waals surface area contributed by atoms with Gasteiger partial charge in [0, 0.05) is 24.4 Å². The highest BCUT2D eigenvalue weighted by molar-refractivity contribution is 5.55. The minimum atomic E-state index is -0.415. The van der Waals surface area contributed by atoms with Gasteiger partial charge in [-0.25, -0.2) is 4.98 Å². The Morgan fingerprint density at radius 2 is 2.13 bits per heavy atom. The number of nitro benzene ring substituents is 1. The van der Waals surface area contributed by atoms with E-state index in [1.807, 2.05) is 12.1 Å². The summed E-state index contributed by atoms with van der Waals surface area (Å²) >= 11 is 0. The first-order chi connectivity index (χ1) is 11.2. The molecule has 0 bridgehead atoms. The highest BCUT2D eigenvalue weighted by Crippen LogP contribution is 2.25. The SMILES string of the molecule is N#Cc1cc2c(nc1NCc1cccc([N+](=O)[O-])c1)CCCC2. The van der Waals surface area contributed by atoms with Gasteiger partial charge in [0.25, 0.3) is 5.69 Å². The first-order valence-electron chi connectivity index (χ1n) is 7.57. The lowest BCUT2D eigenvalue weighted by Crippen LogP contribution is -2.10. The molecule has 0 aliphatic heterocycles. The lowest BCUT2D eigenvalue weighted by Gasteiger charge is -2.17. The van der Waals surface area contributed by atoms with Crippen molar-refractivity contribution in [3.63, 3.8) is 0 Å². The summed E-state index contributed by atoms with van der Waals surface area (Å²) in [6, 6.07) is 10.5. The Bertz CT molecular complexity index is 796. The van der Waals surface area contributed by atoms with E-state index in [2.05, 4.69) is 16.4 Å². The van der Waals surface area contributed by atoms with Gasteiger partial charge in [0.1, 0.15) is 11.9 Å². The predicted molar refractivity (Wildman–Crippen MR) is 86.0 cm³/mol. The second-order valence-corrected chi connectivity index (χ2v) is 5.59. The number of fused-ring (bicyclic) bond motifs is 1. The second-order valence-electron chi connectivity index (χ2n) is 5.59. The molecule has 0 spiro atoms. The van der Waals surface area contributed by atoms with Crippen LogP contribution in [0.15, 0.2) is 30.3 Å². The van der Waals surface area contributed by atoms with Gasteiger partial charge in [-0.15, -0.1) is 0 Å². The van der Waals surface area contributed by atoms with E-state index in [0.29, 0.717) is 17.9 Å². The number of rotatable bonds is 4. The van der Waals surface area contributed by atoms with Crippen molar-refractivity contribution in [2.75, 3.05) is 5.32 Å². The van der Waals surface area contributed by atoms with Crippen LogP contribution in [0.3, 0.4) is 0 Å². The molecule has 0 unspecified atom stereocenters. The van der Waals surface area contributed by atoms with Gasteiger partial charge < -0.3 is 5.32 Å². The zero-order valence-corrected chi connectivity index (χ0v) is 12.6. The van der Waals surface area contributed by atoms with Crippen molar-refractivity contribution < 1.29 is 4.92 Å². The average Bonchev–Trinajstić information content (AvgIpc) is 2.59. The molecule has 0 radical (unpaired) electrons. The average molecular weight is 308 g/mol. The molecule has 0 saturated heterocycles. The molecule has 116 valence electrons. The normalized spacial score (nSPS) is 13.0. The summed E-state index contributed by atoms with van der Waals surface area (Å²) in [7, 11) is 0. The maximum atomic E-state index is 10.8. The van der Waals surface area contributed by atoms with E-state index in [-0.39, 0.29) is 5.69 Å². The summed E-state index contributed by atoms with van der Waals surface area (Å²) in [6.07, 6.45) is 4.17. The number of nitro groups is 1. The van der Waals surface area contributed by atoms with Crippen molar-refractivity contribution >= 4 is 11.5 Å². The highest BCUT2D eigenvalue weighted by Gasteiger charge is 2.15. The third kappa shape index (κ3) is 3.29. The Kier molecular flexibility index (Phi) is 4.20. The van der Waals surface area contributed by atoms with E-state index < -0.39 is 4.92 Å². The lowest BCUT2D eigenvalue weighted by atomic mass is 9.95.